The molecule has 0 heterocycles. The third-order valence-corrected chi connectivity index (χ3v) is 3.04. The van der Waals surface area contributed by atoms with Gasteiger partial charge in [-0.25, -0.2) is 4.79 Å². The summed E-state index contributed by atoms with van der Waals surface area (Å²) >= 11 is 0. The van der Waals surface area contributed by atoms with Crippen LogP contribution >= 0.6 is 0 Å². The van der Waals surface area contributed by atoms with Gasteiger partial charge in [-0.1, -0.05) is 26.2 Å². The Kier molecular flexibility index (Phi) is 12.1. The number of esters is 1. The molecule has 0 radical (unpaired) electrons. The topological polar surface area (TPSA) is 96.0 Å². The second-order valence-corrected chi connectivity index (χ2v) is 5.81. The Morgan fingerprint density at radius 1 is 1.17 bits per heavy atom. The fourth-order valence-corrected chi connectivity index (χ4v) is 1.99. The van der Waals surface area contributed by atoms with Crippen LogP contribution in [0.2, 0.25) is 0 Å². The summed E-state index contributed by atoms with van der Waals surface area (Å²) in [4.78, 5) is 13.4. The van der Waals surface area contributed by atoms with E-state index < -0.39 is 18.2 Å². The average Bonchev–Trinajstić information content (AvgIpc) is 2.45. The number of unbranched alkanes of at least 4 members (excludes halogenated alkanes) is 3. The molecule has 0 aromatic heterocycles. The minimum absolute atomic E-state index is 0.0331. The predicted octanol–water partition coefficient (Wildman–Crippen LogP) is 1.53. The zero-order chi connectivity index (χ0) is 17.7. The van der Waals surface area contributed by atoms with Gasteiger partial charge < -0.3 is 25.6 Å². The van der Waals surface area contributed by atoms with Crippen LogP contribution in [0.25, 0.3) is 0 Å². The van der Waals surface area contributed by atoms with Crippen molar-refractivity contribution in [3.05, 3.63) is 24.0 Å². The lowest BCUT2D eigenvalue weighted by Gasteiger charge is -2.23. The number of hydrogen-bond acceptors (Lipinski definition) is 6. The van der Waals surface area contributed by atoms with Gasteiger partial charge in [-0.2, -0.15) is 0 Å². The Hall–Kier alpha value is -1.53. The summed E-state index contributed by atoms with van der Waals surface area (Å²) in [6.07, 6.45) is 7.87. The molecule has 0 aliphatic rings. The summed E-state index contributed by atoms with van der Waals surface area (Å²) in [5, 5.41) is 18.8. The number of carbonyl (C=O) groups is 1. The van der Waals surface area contributed by atoms with Gasteiger partial charge in [-0.05, 0) is 38.6 Å². The first-order valence-corrected chi connectivity index (χ1v) is 8.28. The van der Waals surface area contributed by atoms with Crippen molar-refractivity contribution in [3.63, 3.8) is 0 Å². The van der Waals surface area contributed by atoms with Crippen LogP contribution in [-0.2, 0) is 9.53 Å². The highest BCUT2D eigenvalue weighted by molar-refractivity contribution is 5.87. The molecule has 0 aliphatic carbocycles. The second kappa shape index (κ2) is 13.0. The van der Waals surface area contributed by atoms with Crippen LogP contribution in [0.15, 0.2) is 24.0 Å². The quantitative estimate of drug-likeness (QED) is 0.218. The Labute approximate surface area is 139 Å². The number of carbonyl (C=O) groups excluding carboxylic acids is 1. The zero-order valence-corrected chi connectivity index (χ0v) is 14.6. The molecule has 0 saturated heterocycles. The number of allylic oxidation sites excluding steroid dienone is 2. The number of nitrogens with two attached hydrogens (primary N) is 1. The van der Waals surface area contributed by atoms with Crippen molar-refractivity contribution in [2.75, 3.05) is 19.7 Å². The van der Waals surface area contributed by atoms with Crippen molar-refractivity contribution in [1.82, 2.24) is 4.90 Å². The van der Waals surface area contributed by atoms with E-state index in [0.29, 0.717) is 19.7 Å². The molecule has 6 heteroatoms. The molecule has 2 atom stereocenters. The lowest BCUT2D eigenvalue weighted by atomic mass is 10.2. The fourth-order valence-electron chi connectivity index (χ4n) is 1.99. The van der Waals surface area contributed by atoms with Crippen molar-refractivity contribution in [1.29, 1.82) is 0 Å². The van der Waals surface area contributed by atoms with E-state index in [9.17, 15) is 15.0 Å². The van der Waals surface area contributed by atoms with Gasteiger partial charge in [-0.15, -0.1) is 0 Å². The molecular weight excluding hydrogens is 296 g/mol. The van der Waals surface area contributed by atoms with Crippen LogP contribution in [0, 0.1) is 0 Å². The van der Waals surface area contributed by atoms with E-state index in [0.717, 1.165) is 25.7 Å². The maximum atomic E-state index is 11.7. The Morgan fingerprint density at radius 3 is 2.30 bits per heavy atom. The maximum Gasteiger partial charge on any atom is 0.354 e. The molecule has 0 aromatic rings. The molecule has 0 bridgehead atoms. The third kappa shape index (κ3) is 12.7. The van der Waals surface area contributed by atoms with Crippen LogP contribution in [0.1, 0.15) is 46.5 Å². The number of aliphatic hydroxyl groups is 2. The second-order valence-electron chi connectivity index (χ2n) is 5.81. The van der Waals surface area contributed by atoms with E-state index in [1.54, 1.807) is 31.0 Å². The predicted molar refractivity (Wildman–Crippen MR) is 91.4 cm³/mol. The highest BCUT2D eigenvalue weighted by atomic mass is 16.5. The first-order valence-electron chi connectivity index (χ1n) is 8.28. The molecule has 134 valence electrons. The molecule has 0 aliphatic heterocycles. The standard InChI is InChI=1S/C17H32N2O4/c1-4-5-6-7-11-23-17(22)16(18)9-8-10-19(12-14(2)20)13-15(3)21/h8-10,14-15,20-21H,4-7,11-13,18H2,1-3H3/b10-8+,16-9-. The highest BCUT2D eigenvalue weighted by Crippen LogP contribution is 2.01. The number of ether oxygens (including phenoxy) is 1. The largest absolute Gasteiger partial charge is 0.461 e. The molecule has 0 aromatic carbocycles. The van der Waals surface area contributed by atoms with Crippen molar-refractivity contribution in [2.45, 2.75) is 58.7 Å². The van der Waals surface area contributed by atoms with E-state index in [2.05, 4.69) is 6.92 Å². The molecule has 2 unspecified atom stereocenters. The number of aliphatic hydroxyl groups excluding tert-OH is 2. The average molecular weight is 328 g/mol. The normalized spacial score (nSPS) is 14.7. The third-order valence-electron chi connectivity index (χ3n) is 3.04. The van der Waals surface area contributed by atoms with Crippen LogP contribution in [-0.4, -0.2) is 53.0 Å². The zero-order valence-electron chi connectivity index (χ0n) is 14.6. The van der Waals surface area contributed by atoms with E-state index >= 15 is 0 Å². The fraction of sp³-hybridized carbons (Fsp3) is 0.706. The van der Waals surface area contributed by atoms with Gasteiger partial charge in [-0.3, -0.25) is 0 Å². The first-order chi connectivity index (χ1) is 10.9. The summed E-state index contributed by atoms with van der Waals surface area (Å²) in [7, 11) is 0. The summed E-state index contributed by atoms with van der Waals surface area (Å²) in [6, 6.07) is 0. The van der Waals surface area contributed by atoms with Crippen molar-refractivity contribution in [3.8, 4) is 0 Å². The van der Waals surface area contributed by atoms with Crippen molar-refractivity contribution < 1.29 is 19.7 Å². The minimum atomic E-state index is -0.524. The molecule has 4 N–H and O–H groups in total. The van der Waals surface area contributed by atoms with Crippen LogP contribution in [0.5, 0.6) is 0 Å². The SMILES string of the molecule is CCCCCCOC(=O)/C(N)=C/C=C/N(CC(C)O)CC(C)O. The lowest BCUT2D eigenvalue weighted by Crippen LogP contribution is -2.32. The molecule has 6 nitrogen and oxygen atoms in total. The highest BCUT2D eigenvalue weighted by Gasteiger charge is 2.07. The summed E-state index contributed by atoms with van der Waals surface area (Å²) in [5.74, 6) is -0.524. The van der Waals surface area contributed by atoms with E-state index in [1.807, 2.05) is 0 Å². The molecular formula is C17H32N2O4. The monoisotopic (exact) mass is 328 g/mol. The van der Waals surface area contributed by atoms with Crippen molar-refractivity contribution in [2.24, 2.45) is 5.73 Å². The van der Waals surface area contributed by atoms with E-state index in [4.69, 9.17) is 10.5 Å². The maximum absolute atomic E-state index is 11.7. The lowest BCUT2D eigenvalue weighted by molar-refractivity contribution is -0.139. The van der Waals surface area contributed by atoms with Gasteiger partial charge in [0.15, 0.2) is 0 Å². The number of hydrogen-bond donors (Lipinski definition) is 3. The molecule has 0 saturated carbocycles. The molecule has 23 heavy (non-hydrogen) atoms. The molecule has 0 fully saturated rings. The van der Waals surface area contributed by atoms with Crippen LogP contribution < -0.4 is 5.73 Å². The molecule has 0 rings (SSSR count). The molecule has 0 spiro atoms. The van der Waals surface area contributed by atoms with Crippen LogP contribution in [0.4, 0.5) is 0 Å². The Balaban J connectivity index is 4.32. The van der Waals surface area contributed by atoms with Crippen LogP contribution in [0.3, 0.4) is 0 Å². The van der Waals surface area contributed by atoms with E-state index in [1.165, 1.54) is 6.08 Å². The molecule has 0 amide bonds. The smallest absolute Gasteiger partial charge is 0.354 e. The minimum Gasteiger partial charge on any atom is -0.461 e. The van der Waals surface area contributed by atoms with Gasteiger partial charge in [0.2, 0.25) is 0 Å². The number of rotatable bonds is 12. The summed E-state index contributed by atoms with van der Waals surface area (Å²) in [5.41, 5.74) is 5.70. The van der Waals surface area contributed by atoms with Gasteiger partial charge in [0.1, 0.15) is 5.70 Å². The van der Waals surface area contributed by atoms with Gasteiger partial charge in [0.05, 0.1) is 18.8 Å². The summed E-state index contributed by atoms with van der Waals surface area (Å²) in [6.45, 7) is 6.62. The van der Waals surface area contributed by atoms with E-state index in [-0.39, 0.29) is 5.70 Å². The van der Waals surface area contributed by atoms with Gasteiger partial charge >= 0.3 is 5.97 Å². The van der Waals surface area contributed by atoms with Gasteiger partial charge in [0.25, 0.3) is 0 Å². The van der Waals surface area contributed by atoms with Gasteiger partial charge in [0, 0.05) is 13.1 Å². The number of nitrogens with zero attached hydrogens (tertiary/aromatic N) is 1. The van der Waals surface area contributed by atoms with Crippen molar-refractivity contribution >= 4 is 5.97 Å². The Bertz CT molecular complexity index is 369. The first kappa shape index (κ1) is 21.5. The summed E-state index contributed by atoms with van der Waals surface area (Å²) < 4.78 is 5.08. The Morgan fingerprint density at radius 2 is 1.78 bits per heavy atom.